The second-order valence-electron chi connectivity index (χ2n) is 6.42. The van der Waals surface area contributed by atoms with Crippen LogP contribution < -0.4 is 11.1 Å². The Morgan fingerprint density at radius 1 is 1.33 bits per heavy atom. The molecule has 1 unspecified atom stereocenters. The van der Waals surface area contributed by atoms with Crippen molar-refractivity contribution in [1.82, 2.24) is 5.32 Å². The van der Waals surface area contributed by atoms with Gasteiger partial charge in [0.15, 0.2) is 0 Å². The van der Waals surface area contributed by atoms with E-state index in [4.69, 9.17) is 10.5 Å². The lowest BCUT2D eigenvalue weighted by molar-refractivity contribution is -0.127. The van der Waals surface area contributed by atoms with Crippen LogP contribution in [0.3, 0.4) is 0 Å². The summed E-state index contributed by atoms with van der Waals surface area (Å²) in [6.07, 6.45) is 8.19. The van der Waals surface area contributed by atoms with Gasteiger partial charge in [-0.15, -0.1) is 0 Å². The van der Waals surface area contributed by atoms with E-state index in [9.17, 15) is 4.79 Å². The third-order valence-corrected chi connectivity index (χ3v) is 4.44. The maximum atomic E-state index is 11.4. The molecule has 2 fully saturated rings. The summed E-state index contributed by atoms with van der Waals surface area (Å²) in [6.45, 7) is 4.52. The van der Waals surface area contributed by atoms with Gasteiger partial charge >= 0.3 is 0 Å². The first-order valence-corrected chi connectivity index (χ1v) is 7.15. The molecule has 0 aromatic rings. The van der Waals surface area contributed by atoms with Gasteiger partial charge in [-0.3, -0.25) is 4.79 Å². The number of carbonyl (C=O) groups excluding carboxylic acids is 1. The smallest absolute Gasteiger partial charge is 0.237 e. The fourth-order valence-electron chi connectivity index (χ4n) is 3.28. The average molecular weight is 254 g/mol. The van der Waals surface area contributed by atoms with Gasteiger partial charge in [-0.1, -0.05) is 19.3 Å². The second kappa shape index (κ2) is 5.17. The molecular formula is C14H26N2O2. The van der Waals surface area contributed by atoms with Gasteiger partial charge in [0.25, 0.3) is 0 Å². The molecule has 104 valence electrons. The van der Waals surface area contributed by atoms with Crippen molar-refractivity contribution in [3.63, 3.8) is 0 Å². The lowest BCUT2D eigenvalue weighted by Gasteiger charge is -2.45. The normalized spacial score (nSPS) is 28.2. The molecule has 4 nitrogen and oxygen atoms in total. The molecule has 1 amide bonds. The fraction of sp³-hybridized carbons (Fsp3) is 0.929. The lowest BCUT2D eigenvalue weighted by Crippen LogP contribution is -2.58. The molecule has 1 atom stereocenters. The number of ether oxygens (including phenoxy) is 1. The Morgan fingerprint density at radius 3 is 2.61 bits per heavy atom. The van der Waals surface area contributed by atoms with Crippen LogP contribution in [0.2, 0.25) is 0 Å². The molecule has 2 rings (SSSR count). The molecule has 0 aromatic carbocycles. The van der Waals surface area contributed by atoms with E-state index in [1.54, 1.807) is 0 Å². The summed E-state index contributed by atoms with van der Waals surface area (Å²) < 4.78 is 6.06. The SMILES string of the molecule is CC(C)(NC1CCOC2(CCCCC2)C1)C(N)=O. The topological polar surface area (TPSA) is 64.3 Å². The van der Waals surface area contributed by atoms with Crippen LogP contribution in [0.25, 0.3) is 0 Å². The molecule has 1 saturated carbocycles. The number of rotatable bonds is 3. The summed E-state index contributed by atoms with van der Waals surface area (Å²) in [5.41, 5.74) is 4.87. The van der Waals surface area contributed by atoms with Crippen molar-refractivity contribution in [2.24, 2.45) is 5.73 Å². The van der Waals surface area contributed by atoms with Crippen LogP contribution in [-0.2, 0) is 9.53 Å². The van der Waals surface area contributed by atoms with E-state index < -0.39 is 5.54 Å². The van der Waals surface area contributed by atoms with Crippen molar-refractivity contribution in [3.05, 3.63) is 0 Å². The third-order valence-electron chi connectivity index (χ3n) is 4.44. The van der Waals surface area contributed by atoms with E-state index in [1.807, 2.05) is 13.8 Å². The fourth-order valence-corrected chi connectivity index (χ4v) is 3.28. The van der Waals surface area contributed by atoms with Crippen molar-refractivity contribution >= 4 is 5.91 Å². The summed E-state index contributed by atoms with van der Waals surface area (Å²) >= 11 is 0. The number of primary amides is 1. The van der Waals surface area contributed by atoms with Gasteiger partial charge in [0, 0.05) is 12.6 Å². The zero-order valence-corrected chi connectivity index (χ0v) is 11.6. The van der Waals surface area contributed by atoms with Gasteiger partial charge in [0.05, 0.1) is 11.1 Å². The highest BCUT2D eigenvalue weighted by Gasteiger charge is 2.40. The van der Waals surface area contributed by atoms with E-state index in [2.05, 4.69) is 5.32 Å². The van der Waals surface area contributed by atoms with E-state index in [-0.39, 0.29) is 11.5 Å². The molecule has 1 aliphatic carbocycles. The number of nitrogens with one attached hydrogen (secondary N) is 1. The molecule has 1 spiro atoms. The number of carbonyl (C=O) groups is 1. The Labute approximate surface area is 110 Å². The van der Waals surface area contributed by atoms with Gasteiger partial charge in [-0.05, 0) is 39.5 Å². The van der Waals surface area contributed by atoms with Gasteiger partial charge in [0.1, 0.15) is 0 Å². The summed E-state index contributed by atoms with van der Waals surface area (Å²) in [5.74, 6) is -0.285. The van der Waals surface area contributed by atoms with Gasteiger partial charge in [0.2, 0.25) is 5.91 Å². The van der Waals surface area contributed by atoms with Crippen molar-refractivity contribution in [2.45, 2.75) is 76.0 Å². The number of hydrogen-bond donors (Lipinski definition) is 2. The minimum absolute atomic E-state index is 0.0713. The van der Waals surface area contributed by atoms with Gasteiger partial charge < -0.3 is 15.8 Å². The minimum Gasteiger partial charge on any atom is -0.375 e. The molecule has 18 heavy (non-hydrogen) atoms. The summed E-state index contributed by atoms with van der Waals surface area (Å²) in [4.78, 5) is 11.4. The quantitative estimate of drug-likeness (QED) is 0.806. The third kappa shape index (κ3) is 3.04. The maximum Gasteiger partial charge on any atom is 0.237 e. The molecule has 3 N–H and O–H groups in total. The van der Waals surface area contributed by atoms with Crippen LogP contribution in [0.15, 0.2) is 0 Å². The average Bonchev–Trinajstić information content (AvgIpc) is 2.29. The van der Waals surface area contributed by atoms with Crippen LogP contribution in [-0.4, -0.2) is 29.7 Å². The van der Waals surface area contributed by atoms with Crippen molar-refractivity contribution in [2.75, 3.05) is 6.61 Å². The van der Waals surface area contributed by atoms with E-state index in [1.165, 1.54) is 32.1 Å². The Morgan fingerprint density at radius 2 is 2.00 bits per heavy atom. The van der Waals surface area contributed by atoms with Crippen LogP contribution in [0.5, 0.6) is 0 Å². The lowest BCUT2D eigenvalue weighted by atomic mass is 9.78. The predicted molar refractivity (Wildman–Crippen MR) is 71.2 cm³/mol. The summed E-state index contributed by atoms with van der Waals surface area (Å²) in [7, 11) is 0. The zero-order chi connectivity index (χ0) is 13.2. The first kappa shape index (κ1) is 13.8. The summed E-state index contributed by atoms with van der Waals surface area (Å²) in [6, 6.07) is 0.347. The maximum absolute atomic E-state index is 11.4. The Kier molecular flexibility index (Phi) is 3.97. The van der Waals surface area contributed by atoms with E-state index in [0.717, 1.165) is 19.4 Å². The van der Waals surface area contributed by atoms with Crippen LogP contribution in [0.4, 0.5) is 0 Å². The Hall–Kier alpha value is -0.610. The van der Waals surface area contributed by atoms with E-state index >= 15 is 0 Å². The molecule has 1 saturated heterocycles. The number of nitrogens with two attached hydrogens (primary N) is 1. The highest BCUT2D eigenvalue weighted by Crippen LogP contribution is 2.38. The highest BCUT2D eigenvalue weighted by atomic mass is 16.5. The molecule has 4 heteroatoms. The summed E-state index contributed by atoms with van der Waals surface area (Å²) in [5, 5.41) is 3.41. The molecule has 1 heterocycles. The van der Waals surface area contributed by atoms with Gasteiger partial charge in [-0.2, -0.15) is 0 Å². The first-order chi connectivity index (χ1) is 8.44. The highest BCUT2D eigenvalue weighted by molar-refractivity contribution is 5.83. The number of hydrogen-bond acceptors (Lipinski definition) is 3. The zero-order valence-electron chi connectivity index (χ0n) is 11.6. The van der Waals surface area contributed by atoms with E-state index in [0.29, 0.717) is 6.04 Å². The van der Waals surface area contributed by atoms with Gasteiger partial charge in [-0.25, -0.2) is 0 Å². The molecule has 0 bridgehead atoms. The van der Waals surface area contributed by atoms with Crippen molar-refractivity contribution in [3.8, 4) is 0 Å². The standard InChI is InChI=1S/C14H26N2O2/c1-13(2,12(15)17)16-11-6-9-18-14(10-11)7-4-3-5-8-14/h11,16H,3-10H2,1-2H3,(H2,15,17). The molecule has 1 aliphatic heterocycles. The molecule has 0 radical (unpaired) electrons. The first-order valence-electron chi connectivity index (χ1n) is 7.15. The Balaban J connectivity index is 1.96. The monoisotopic (exact) mass is 254 g/mol. The second-order valence-corrected chi connectivity index (χ2v) is 6.42. The van der Waals surface area contributed by atoms with Crippen LogP contribution in [0, 0.1) is 0 Å². The molecular weight excluding hydrogens is 228 g/mol. The molecule has 0 aromatic heterocycles. The van der Waals surface area contributed by atoms with Crippen LogP contribution >= 0.6 is 0 Å². The van der Waals surface area contributed by atoms with Crippen LogP contribution in [0.1, 0.15) is 58.8 Å². The van der Waals surface area contributed by atoms with Crippen molar-refractivity contribution in [1.29, 1.82) is 0 Å². The predicted octanol–water partition coefficient (Wildman–Crippen LogP) is 1.72. The minimum atomic E-state index is -0.627. The van der Waals surface area contributed by atoms with Crippen molar-refractivity contribution < 1.29 is 9.53 Å². The Bertz CT molecular complexity index is 303. The number of amides is 1. The largest absolute Gasteiger partial charge is 0.375 e. The molecule has 2 aliphatic rings.